The average molecular weight is 223 g/mol. The van der Waals surface area contributed by atoms with E-state index in [0.717, 1.165) is 18.4 Å². The van der Waals surface area contributed by atoms with E-state index >= 15 is 0 Å². The maximum atomic E-state index is 14.0. The molecule has 0 radical (unpaired) electrons. The highest BCUT2D eigenvalue weighted by Crippen LogP contribution is 2.55. The zero-order valence-corrected chi connectivity index (χ0v) is 10.0. The molecule has 16 heavy (non-hydrogen) atoms. The molecule has 0 amide bonds. The van der Waals surface area contributed by atoms with E-state index in [0.29, 0.717) is 5.75 Å². The van der Waals surface area contributed by atoms with Crippen LogP contribution in [-0.4, -0.2) is 12.6 Å². The van der Waals surface area contributed by atoms with Gasteiger partial charge in [0.2, 0.25) is 0 Å². The summed E-state index contributed by atoms with van der Waals surface area (Å²) in [4.78, 5) is 0. The molecule has 2 nitrogen and oxygen atoms in total. The van der Waals surface area contributed by atoms with Crippen LogP contribution in [0.1, 0.15) is 32.3 Å². The molecule has 0 aliphatic heterocycles. The van der Waals surface area contributed by atoms with Gasteiger partial charge in [-0.3, -0.25) is 0 Å². The summed E-state index contributed by atoms with van der Waals surface area (Å²) in [5.41, 5.74) is 6.29. The summed E-state index contributed by atoms with van der Waals surface area (Å²) in [6.07, 6.45) is 1.92. The minimum atomic E-state index is -0.386. The maximum Gasteiger partial charge on any atom is 0.130 e. The predicted octanol–water partition coefficient (Wildman–Crippen LogP) is 2.60. The van der Waals surface area contributed by atoms with E-state index in [2.05, 4.69) is 0 Å². The molecule has 1 aliphatic carbocycles. The molecule has 0 spiro atoms. The molecule has 2 N–H and O–H groups in total. The van der Waals surface area contributed by atoms with Crippen LogP contribution >= 0.6 is 0 Å². The van der Waals surface area contributed by atoms with Crippen molar-refractivity contribution >= 4 is 0 Å². The van der Waals surface area contributed by atoms with Crippen LogP contribution in [-0.2, 0) is 5.41 Å². The lowest BCUT2D eigenvalue weighted by atomic mass is 9.79. The van der Waals surface area contributed by atoms with Crippen molar-refractivity contribution in [2.75, 3.05) is 7.11 Å². The standard InChI is InChI=1S/C13H18FNO/c1-12(2,15)13(6-7-13)10-5-4-9(16-3)8-11(10)14/h4-5,8H,6-7,15H2,1-3H3. The van der Waals surface area contributed by atoms with Gasteiger partial charge in [0.25, 0.3) is 0 Å². The van der Waals surface area contributed by atoms with Gasteiger partial charge in [-0.05, 0) is 38.3 Å². The van der Waals surface area contributed by atoms with Gasteiger partial charge in [0.05, 0.1) is 7.11 Å². The Balaban J connectivity index is 2.42. The first kappa shape index (κ1) is 11.4. The van der Waals surface area contributed by atoms with Crippen molar-refractivity contribution in [1.29, 1.82) is 0 Å². The van der Waals surface area contributed by atoms with Crippen LogP contribution in [0.25, 0.3) is 0 Å². The van der Waals surface area contributed by atoms with Gasteiger partial charge in [-0.25, -0.2) is 4.39 Å². The summed E-state index contributed by atoms with van der Waals surface area (Å²) < 4.78 is 19.0. The summed E-state index contributed by atoms with van der Waals surface area (Å²) in [5, 5.41) is 0. The van der Waals surface area contributed by atoms with E-state index in [1.165, 1.54) is 13.2 Å². The molecule has 3 heteroatoms. The lowest BCUT2D eigenvalue weighted by molar-refractivity contribution is 0.374. The molecule has 0 saturated heterocycles. The summed E-state index contributed by atoms with van der Waals surface area (Å²) in [7, 11) is 1.54. The van der Waals surface area contributed by atoms with Gasteiger partial charge in [0.1, 0.15) is 11.6 Å². The molecular weight excluding hydrogens is 205 g/mol. The van der Waals surface area contributed by atoms with Crippen LogP contribution in [0.5, 0.6) is 5.75 Å². The fourth-order valence-electron chi connectivity index (χ4n) is 2.40. The molecule has 0 bridgehead atoms. The predicted molar refractivity (Wildman–Crippen MR) is 62.1 cm³/mol. The minimum Gasteiger partial charge on any atom is -0.497 e. The fraction of sp³-hybridized carbons (Fsp3) is 0.538. The zero-order chi connectivity index (χ0) is 12.0. The van der Waals surface area contributed by atoms with Crippen molar-refractivity contribution in [3.63, 3.8) is 0 Å². The van der Waals surface area contributed by atoms with E-state index in [1.807, 2.05) is 13.8 Å². The number of rotatable bonds is 3. The molecule has 1 fully saturated rings. The molecule has 1 aromatic rings. The van der Waals surface area contributed by atoms with Crippen molar-refractivity contribution < 1.29 is 9.13 Å². The van der Waals surface area contributed by atoms with E-state index in [-0.39, 0.29) is 16.8 Å². The van der Waals surface area contributed by atoms with Crippen LogP contribution in [0.2, 0.25) is 0 Å². The normalized spacial score (nSPS) is 18.3. The number of benzene rings is 1. The van der Waals surface area contributed by atoms with Gasteiger partial charge in [0.15, 0.2) is 0 Å². The van der Waals surface area contributed by atoms with E-state index < -0.39 is 0 Å². The van der Waals surface area contributed by atoms with E-state index in [4.69, 9.17) is 10.5 Å². The van der Waals surface area contributed by atoms with Gasteiger partial charge >= 0.3 is 0 Å². The third-order valence-corrected chi connectivity index (χ3v) is 3.68. The van der Waals surface area contributed by atoms with Gasteiger partial charge in [-0.2, -0.15) is 0 Å². The Morgan fingerprint density at radius 1 is 1.38 bits per heavy atom. The summed E-state index contributed by atoms with van der Waals surface area (Å²) in [6, 6.07) is 5.03. The largest absolute Gasteiger partial charge is 0.497 e. The van der Waals surface area contributed by atoms with Gasteiger partial charge in [-0.1, -0.05) is 6.07 Å². The second-order valence-corrected chi connectivity index (χ2v) is 5.15. The van der Waals surface area contributed by atoms with Crippen LogP contribution in [0, 0.1) is 5.82 Å². The third-order valence-electron chi connectivity index (χ3n) is 3.68. The zero-order valence-electron chi connectivity index (χ0n) is 10.0. The van der Waals surface area contributed by atoms with Gasteiger partial charge < -0.3 is 10.5 Å². The molecule has 0 aromatic heterocycles. The van der Waals surface area contributed by atoms with Crippen molar-refractivity contribution in [2.24, 2.45) is 5.73 Å². The Labute approximate surface area is 95.6 Å². The highest BCUT2D eigenvalue weighted by atomic mass is 19.1. The number of nitrogens with two attached hydrogens (primary N) is 1. The number of methoxy groups -OCH3 is 1. The van der Waals surface area contributed by atoms with Crippen LogP contribution in [0.15, 0.2) is 18.2 Å². The number of hydrogen-bond acceptors (Lipinski definition) is 2. The first-order valence-electron chi connectivity index (χ1n) is 5.54. The monoisotopic (exact) mass is 223 g/mol. The molecule has 0 unspecified atom stereocenters. The Hall–Kier alpha value is -1.09. The lowest BCUT2D eigenvalue weighted by Crippen LogP contribution is -2.45. The number of halogens is 1. The SMILES string of the molecule is COc1ccc(C2(C(C)(C)N)CC2)c(F)c1. The summed E-state index contributed by atoms with van der Waals surface area (Å²) >= 11 is 0. The van der Waals surface area contributed by atoms with Crippen molar-refractivity contribution in [2.45, 2.75) is 37.6 Å². The lowest BCUT2D eigenvalue weighted by Gasteiger charge is -2.31. The highest BCUT2D eigenvalue weighted by molar-refractivity contribution is 5.40. The van der Waals surface area contributed by atoms with Crippen molar-refractivity contribution in [3.05, 3.63) is 29.6 Å². The Morgan fingerprint density at radius 2 is 2.00 bits per heavy atom. The topological polar surface area (TPSA) is 35.2 Å². The summed E-state index contributed by atoms with van der Waals surface area (Å²) in [5.74, 6) is 0.335. The highest BCUT2D eigenvalue weighted by Gasteiger charge is 2.54. The summed E-state index contributed by atoms with van der Waals surface area (Å²) in [6.45, 7) is 3.92. The quantitative estimate of drug-likeness (QED) is 0.854. The smallest absolute Gasteiger partial charge is 0.130 e. The first-order chi connectivity index (χ1) is 7.40. The maximum absolute atomic E-state index is 14.0. The molecule has 88 valence electrons. The number of ether oxygens (including phenoxy) is 1. The van der Waals surface area contributed by atoms with E-state index in [1.54, 1.807) is 12.1 Å². The Bertz CT molecular complexity index is 405. The van der Waals surface area contributed by atoms with Gasteiger partial charge in [-0.15, -0.1) is 0 Å². The first-order valence-corrected chi connectivity index (χ1v) is 5.54. The number of hydrogen-bond donors (Lipinski definition) is 1. The average Bonchev–Trinajstić information content (AvgIpc) is 2.97. The van der Waals surface area contributed by atoms with Crippen LogP contribution in [0.4, 0.5) is 4.39 Å². The molecule has 0 atom stereocenters. The molecule has 2 rings (SSSR count). The van der Waals surface area contributed by atoms with E-state index in [9.17, 15) is 4.39 Å². The Kier molecular flexibility index (Phi) is 2.46. The second-order valence-electron chi connectivity index (χ2n) is 5.15. The molecule has 1 saturated carbocycles. The Morgan fingerprint density at radius 3 is 2.38 bits per heavy atom. The molecule has 1 aromatic carbocycles. The van der Waals surface area contributed by atoms with Crippen LogP contribution < -0.4 is 10.5 Å². The second kappa shape index (κ2) is 3.45. The van der Waals surface area contributed by atoms with Crippen LogP contribution in [0.3, 0.4) is 0 Å². The fourth-order valence-corrected chi connectivity index (χ4v) is 2.40. The minimum absolute atomic E-state index is 0.191. The molecular formula is C13H18FNO. The molecule has 1 aliphatic rings. The van der Waals surface area contributed by atoms with Gasteiger partial charge in [0, 0.05) is 17.0 Å². The van der Waals surface area contributed by atoms with Crippen molar-refractivity contribution in [1.82, 2.24) is 0 Å². The third kappa shape index (κ3) is 1.59. The molecule has 0 heterocycles. The van der Waals surface area contributed by atoms with Crippen molar-refractivity contribution in [3.8, 4) is 5.75 Å².